The molecular formula is C41H25N. The van der Waals surface area contributed by atoms with Crippen molar-refractivity contribution < 1.29 is 0 Å². The number of hydrogen-bond acceptors (Lipinski definition) is 0. The molecule has 1 atom stereocenters. The molecular weight excluding hydrogens is 506 g/mol. The van der Waals surface area contributed by atoms with Crippen LogP contribution >= 0.6 is 0 Å². The maximum Gasteiger partial charge on any atom is 0.0754 e. The van der Waals surface area contributed by atoms with Crippen molar-refractivity contribution in [2.24, 2.45) is 0 Å². The third-order valence-corrected chi connectivity index (χ3v) is 9.78. The normalized spacial score (nSPS) is 16.2. The monoisotopic (exact) mass is 531 g/mol. The average molecular weight is 532 g/mol. The summed E-state index contributed by atoms with van der Waals surface area (Å²) in [5.74, 6) is 0. The Morgan fingerprint density at radius 3 is 2.02 bits per heavy atom. The van der Waals surface area contributed by atoms with Crippen molar-refractivity contribution in [2.75, 3.05) is 0 Å². The van der Waals surface area contributed by atoms with Gasteiger partial charge in [-0.2, -0.15) is 0 Å². The van der Waals surface area contributed by atoms with Gasteiger partial charge < -0.3 is 4.57 Å². The molecule has 0 fully saturated rings. The molecule has 0 N–H and O–H groups in total. The van der Waals surface area contributed by atoms with Crippen LogP contribution in [0, 0.1) is 0 Å². The van der Waals surface area contributed by atoms with E-state index in [9.17, 15) is 0 Å². The fourth-order valence-electron chi connectivity index (χ4n) is 8.12. The van der Waals surface area contributed by atoms with Crippen LogP contribution in [-0.4, -0.2) is 4.57 Å². The molecule has 0 saturated heterocycles. The largest absolute Gasteiger partial charge is 0.309 e. The van der Waals surface area contributed by atoms with Gasteiger partial charge >= 0.3 is 0 Å². The van der Waals surface area contributed by atoms with Crippen LogP contribution in [0.5, 0.6) is 0 Å². The van der Waals surface area contributed by atoms with Crippen molar-refractivity contribution in [1.29, 1.82) is 0 Å². The lowest BCUT2D eigenvalue weighted by molar-refractivity contribution is 0.748. The maximum absolute atomic E-state index is 2.50. The molecule has 1 unspecified atom stereocenters. The molecule has 1 aliphatic carbocycles. The molecule has 1 aliphatic heterocycles. The summed E-state index contributed by atoms with van der Waals surface area (Å²) in [5, 5.41) is 5.16. The van der Waals surface area contributed by atoms with E-state index >= 15 is 0 Å². The van der Waals surface area contributed by atoms with Crippen molar-refractivity contribution in [3.05, 3.63) is 174 Å². The molecule has 8 aromatic rings. The summed E-state index contributed by atoms with van der Waals surface area (Å²) in [6.45, 7) is 0. The van der Waals surface area contributed by atoms with Crippen molar-refractivity contribution in [3.63, 3.8) is 0 Å². The second-order valence-corrected chi connectivity index (χ2v) is 11.7. The third-order valence-electron chi connectivity index (χ3n) is 9.78. The van der Waals surface area contributed by atoms with Gasteiger partial charge in [-0.15, -0.1) is 0 Å². The first kappa shape index (κ1) is 22.3. The molecule has 1 nitrogen and oxygen atoms in total. The average Bonchev–Trinajstić information content (AvgIpc) is 3.55. The van der Waals surface area contributed by atoms with Gasteiger partial charge in [-0.25, -0.2) is 0 Å². The highest BCUT2D eigenvalue weighted by Gasteiger charge is 2.50. The Bertz CT molecular complexity index is 2420. The van der Waals surface area contributed by atoms with Crippen LogP contribution < -0.4 is 0 Å². The number of rotatable bonds is 1. The fraction of sp³-hybridized carbons (Fsp3) is 0.0244. The Balaban J connectivity index is 1.34. The first-order valence-electron chi connectivity index (χ1n) is 14.7. The van der Waals surface area contributed by atoms with Crippen molar-refractivity contribution in [3.8, 4) is 27.9 Å². The first-order valence-corrected chi connectivity index (χ1v) is 14.7. The summed E-state index contributed by atoms with van der Waals surface area (Å²) in [5.41, 5.74) is 14.0. The van der Waals surface area contributed by atoms with Crippen LogP contribution in [0.2, 0.25) is 0 Å². The molecule has 10 rings (SSSR count). The SMILES string of the molecule is c1ccc2c(c1)-c1cc(-c3ccc4ccccc4c3)ccc1C21c2ccccc2-n2c3ccccc3c3cccc1c32. The number of aromatic nitrogens is 1. The van der Waals surface area contributed by atoms with E-state index in [0.29, 0.717) is 0 Å². The van der Waals surface area contributed by atoms with Crippen LogP contribution in [-0.2, 0) is 5.41 Å². The van der Waals surface area contributed by atoms with Gasteiger partial charge in [0.05, 0.1) is 22.1 Å². The molecule has 0 saturated carbocycles. The molecule has 2 aliphatic rings. The van der Waals surface area contributed by atoms with E-state index in [4.69, 9.17) is 0 Å². The molecule has 1 aromatic heterocycles. The lowest BCUT2D eigenvalue weighted by Crippen LogP contribution is -2.33. The minimum absolute atomic E-state index is 0.395. The minimum atomic E-state index is -0.395. The van der Waals surface area contributed by atoms with Gasteiger partial charge in [-0.3, -0.25) is 0 Å². The quantitative estimate of drug-likeness (QED) is 0.199. The van der Waals surface area contributed by atoms with E-state index in [0.717, 1.165) is 0 Å². The summed E-state index contributed by atoms with van der Waals surface area (Å²) in [6.07, 6.45) is 0. The summed E-state index contributed by atoms with van der Waals surface area (Å²) in [4.78, 5) is 0. The zero-order valence-electron chi connectivity index (χ0n) is 22.9. The smallest absolute Gasteiger partial charge is 0.0754 e. The maximum atomic E-state index is 2.50. The summed E-state index contributed by atoms with van der Waals surface area (Å²) in [6, 6.07) is 56.5. The Labute approximate surface area is 243 Å². The van der Waals surface area contributed by atoms with Crippen LogP contribution in [0.15, 0.2) is 152 Å². The van der Waals surface area contributed by atoms with Gasteiger partial charge in [0.25, 0.3) is 0 Å². The van der Waals surface area contributed by atoms with Gasteiger partial charge in [0, 0.05) is 10.8 Å². The number of fused-ring (bicyclic) bond motifs is 13. The van der Waals surface area contributed by atoms with Crippen LogP contribution in [0.3, 0.4) is 0 Å². The van der Waals surface area contributed by atoms with E-state index in [1.165, 1.54) is 82.8 Å². The minimum Gasteiger partial charge on any atom is -0.309 e. The fourth-order valence-corrected chi connectivity index (χ4v) is 8.12. The van der Waals surface area contributed by atoms with Gasteiger partial charge in [-0.05, 0) is 79.5 Å². The Morgan fingerprint density at radius 1 is 0.405 bits per heavy atom. The molecule has 0 bridgehead atoms. The van der Waals surface area contributed by atoms with Gasteiger partial charge in [0.1, 0.15) is 0 Å². The predicted molar refractivity (Wildman–Crippen MR) is 175 cm³/mol. The molecule has 7 aromatic carbocycles. The number of para-hydroxylation sites is 3. The standard InChI is InChI=1S/C41H25N/c1-2-11-27-24-28(21-20-26(27)10-1)29-22-23-35-33(25-29)30-12-3-5-15-34(30)41(35)36-16-6-8-19-39(36)42-38-18-7-4-13-31(38)32-14-9-17-37(41)40(32)42/h1-25H. The molecule has 0 amide bonds. The molecule has 2 heterocycles. The highest BCUT2D eigenvalue weighted by Crippen LogP contribution is 2.61. The van der Waals surface area contributed by atoms with Crippen molar-refractivity contribution in [1.82, 2.24) is 4.57 Å². The molecule has 1 spiro atoms. The summed E-state index contributed by atoms with van der Waals surface area (Å²) < 4.78 is 2.50. The van der Waals surface area contributed by atoms with Crippen LogP contribution in [0.4, 0.5) is 0 Å². The van der Waals surface area contributed by atoms with Gasteiger partial charge in [-0.1, -0.05) is 127 Å². The van der Waals surface area contributed by atoms with Crippen molar-refractivity contribution >= 4 is 32.6 Å². The van der Waals surface area contributed by atoms with E-state index in [-0.39, 0.29) is 0 Å². The summed E-state index contributed by atoms with van der Waals surface area (Å²) in [7, 11) is 0. The Kier molecular flexibility index (Phi) is 4.18. The van der Waals surface area contributed by atoms with E-state index in [1.54, 1.807) is 0 Å². The topological polar surface area (TPSA) is 4.93 Å². The Morgan fingerprint density at radius 2 is 1.07 bits per heavy atom. The lowest BCUT2D eigenvalue weighted by Gasteiger charge is -2.39. The first-order chi connectivity index (χ1) is 20.8. The number of nitrogens with zero attached hydrogens (tertiary/aromatic N) is 1. The third kappa shape index (κ3) is 2.60. The van der Waals surface area contributed by atoms with Gasteiger partial charge in [0.15, 0.2) is 0 Å². The molecule has 42 heavy (non-hydrogen) atoms. The lowest BCUT2D eigenvalue weighted by atomic mass is 9.65. The Hall–Kier alpha value is -5.40. The van der Waals surface area contributed by atoms with E-state index in [2.05, 4.69) is 156 Å². The second kappa shape index (κ2) is 7.87. The van der Waals surface area contributed by atoms with Gasteiger partial charge in [0.2, 0.25) is 0 Å². The molecule has 1 heteroatoms. The second-order valence-electron chi connectivity index (χ2n) is 11.7. The zero-order valence-corrected chi connectivity index (χ0v) is 22.9. The number of hydrogen-bond donors (Lipinski definition) is 0. The zero-order chi connectivity index (χ0) is 27.4. The van der Waals surface area contributed by atoms with Crippen LogP contribution in [0.25, 0.3) is 60.5 Å². The van der Waals surface area contributed by atoms with Crippen LogP contribution in [0.1, 0.15) is 22.3 Å². The molecule has 194 valence electrons. The van der Waals surface area contributed by atoms with E-state index in [1.807, 2.05) is 0 Å². The van der Waals surface area contributed by atoms with Crippen molar-refractivity contribution in [2.45, 2.75) is 5.41 Å². The summed E-state index contributed by atoms with van der Waals surface area (Å²) >= 11 is 0. The number of benzene rings is 7. The molecule has 0 radical (unpaired) electrons. The highest BCUT2D eigenvalue weighted by atomic mass is 15.0. The predicted octanol–water partition coefficient (Wildman–Crippen LogP) is 10.3. The highest BCUT2D eigenvalue weighted by molar-refractivity contribution is 6.12. The van der Waals surface area contributed by atoms with E-state index < -0.39 is 5.41 Å².